The normalized spacial score (nSPS) is 23.5. The highest BCUT2D eigenvalue weighted by molar-refractivity contribution is 7.13. The van der Waals surface area contributed by atoms with Gasteiger partial charge in [-0.25, -0.2) is 4.79 Å². The lowest BCUT2D eigenvalue weighted by Crippen LogP contribution is -2.38. The summed E-state index contributed by atoms with van der Waals surface area (Å²) in [6, 6.07) is 7.40. The van der Waals surface area contributed by atoms with E-state index in [2.05, 4.69) is 0 Å². The second-order valence-corrected chi connectivity index (χ2v) is 8.13. The summed E-state index contributed by atoms with van der Waals surface area (Å²) >= 11 is 1.32. The van der Waals surface area contributed by atoms with Crippen LogP contribution in [0.4, 0.5) is 4.79 Å². The zero-order chi connectivity index (χ0) is 18.3. The largest absolute Gasteiger partial charge is 0.441 e. The van der Waals surface area contributed by atoms with Crippen molar-refractivity contribution in [3.63, 3.8) is 0 Å². The third-order valence-corrected chi connectivity index (χ3v) is 6.29. The Hall–Kier alpha value is -2.35. The van der Waals surface area contributed by atoms with Gasteiger partial charge in [0.15, 0.2) is 0 Å². The Balaban J connectivity index is 1.46. The van der Waals surface area contributed by atoms with Crippen LogP contribution in [-0.4, -0.2) is 58.0 Å². The molecule has 1 aromatic heterocycles. The monoisotopic (exact) mass is 375 g/mol. The summed E-state index contributed by atoms with van der Waals surface area (Å²) in [5.41, 5.74) is -0.591. The Morgan fingerprint density at radius 3 is 2.77 bits per heavy atom. The van der Waals surface area contributed by atoms with Gasteiger partial charge in [-0.05, 0) is 25.0 Å². The molecule has 0 N–H and O–H groups in total. The van der Waals surface area contributed by atoms with E-state index in [9.17, 15) is 14.4 Å². The van der Waals surface area contributed by atoms with Crippen LogP contribution in [0.1, 0.15) is 19.3 Å². The minimum absolute atomic E-state index is 0.0604. The molecule has 4 rings (SSSR count). The summed E-state index contributed by atoms with van der Waals surface area (Å²) < 4.78 is 8.00. The number of likely N-dealkylation sites (tertiary alicyclic amines) is 1. The van der Waals surface area contributed by atoms with Crippen LogP contribution in [0.25, 0.3) is 10.1 Å². The smallest absolute Gasteiger partial charge is 0.410 e. The number of hydrogen-bond acceptors (Lipinski definition) is 5. The Bertz CT molecular complexity index is 921. The maximum atomic E-state index is 12.7. The number of benzene rings is 1. The van der Waals surface area contributed by atoms with Crippen LogP contribution in [0, 0.1) is 0 Å². The van der Waals surface area contributed by atoms with E-state index in [1.807, 2.05) is 18.2 Å². The molecule has 7 nitrogen and oxygen atoms in total. The van der Waals surface area contributed by atoms with Gasteiger partial charge in [0, 0.05) is 26.6 Å². The van der Waals surface area contributed by atoms with E-state index < -0.39 is 5.60 Å². The molecule has 3 heterocycles. The topological polar surface area (TPSA) is 71.8 Å². The second kappa shape index (κ2) is 6.42. The fraction of sp³-hybridized carbons (Fsp3) is 0.500. The zero-order valence-corrected chi connectivity index (χ0v) is 15.5. The lowest BCUT2D eigenvalue weighted by molar-refractivity contribution is -0.131. The summed E-state index contributed by atoms with van der Waals surface area (Å²) in [4.78, 5) is 40.3. The number of aromatic nitrogens is 1. The van der Waals surface area contributed by atoms with Crippen molar-refractivity contribution >= 4 is 33.6 Å². The van der Waals surface area contributed by atoms with Gasteiger partial charge in [0.2, 0.25) is 5.91 Å². The molecule has 2 aliphatic rings. The van der Waals surface area contributed by atoms with Crippen molar-refractivity contribution in [3.05, 3.63) is 34.6 Å². The van der Waals surface area contributed by atoms with Crippen LogP contribution in [0.3, 0.4) is 0 Å². The van der Waals surface area contributed by atoms with Crippen LogP contribution in [0.15, 0.2) is 29.1 Å². The van der Waals surface area contributed by atoms with Crippen molar-refractivity contribution in [1.82, 2.24) is 13.8 Å². The Morgan fingerprint density at radius 1 is 1.23 bits per heavy atom. The second-order valence-electron chi connectivity index (χ2n) is 7.07. The van der Waals surface area contributed by atoms with Gasteiger partial charge in [-0.2, -0.15) is 0 Å². The first-order valence-corrected chi connectivity index (χ1v) is 9.56. The molecule has 1 atom stereocenters. The van der Waals surface area contributed by atoms with Gasteiger partial charge in [0.25, 0.3) is 5.56 Å². The van der Waals surface area contributed by atoms with E-state index in [0.29, 0.717) is 31.4 Å². The fourth-order valence-corrected chi connectivity index (χ4v) is 4.80. The van der Waals surface area contributed by atoms with Gasteiger partial charge in [-0.3, -0.25) is 13.5 Å². The molecule has 2 aromatic rings. The fourth-order valence-electron chi connectivity index (χ4n) is 3.81. The van der Waals surface area contributed by atoms with Gasteiger partial charge < -0.3 is 14.5 Å². The van der Waals surface area contributed by atoms with E-state index in [0.717, 1.165) is 17.5 Å². The lowest BCUT2D eigenvalue weighted by atomic mass is 9.95. The molecule has 2 amide bonds. The number of hydrogen-bond donors (Lipinski definition) is 0. The molecule has 0 saturated carbocycles. The molecule has 26 heavy (non-hydrogen) atoms. The van der Waals surface area contributed by atoms with Gasteiger partial charge in [0.1, 0.15) is 12.1 Å². The third kappa shape index (κ3) is 2.98. The maximum Gasteiger partial charge on any atom is 0.410 e. The lowest BCUT2D eigenvalue weighted by Gasteiger charge is -2.25. The van der Waals surface area contributed by atoms with E-state index in [1.54, 1.807) is 22.9 Å². The summed E-state index contributed by atoms with van der Waals surface area (Å²) in [6.45, 7) is 1.80. The number of ether oxygens (including phenoxy) is 1. The minimum Gasteiger partial charge on any atom is -0.441 e. The van der Waals surface area contributed by atoms with Crippen LogP contribution in [0.2, 0.25) is 0 Å². The maximum absolute atomic E-state index is 12.7. The first kappa shape index (κ1) is 17.1. The highest BCUT2D eigenvalue weighted by Gasteiger charge is 2.44. The van der Waals surface area contributed by atoms with Crippen LogP contribution in [0.5, 0.6) is 0 Å². The van der Waals surface area contributed by atoms with E-state index in [4.69, 9.17) is 4.74 Å². The molecule has 0 bridgehead atoms. The van der Waals surface area contributed by atoms with E-state index in [1.165, 1.54) is 15.5 Å². The quantitative estimate of drug-likeness (QED) is 0.804. The minimum atomic E-state index is -0.477. The van der Waals surface area contributed by atoms with Gasteiger partial charge in [-0.15, -0.1) is 0 Å². The highest BCUT2D eigenvalue weighted by atomic mass is 32.1. The van der Waals surface area contributed by atoms with Crippen molar-refractivity contribution in [2.24, 2.45) is 0 Å². The van der Waals surface area contributed by atoms with Crippen molar-refractivity contribution in [2.45, 2.75) is 31.4 Å². The number of fused-ring (bicyclic) bond motifs is 1. The van der Waals surface area contributed by atoms with Crippen molar-refractivity contribution in [1.29, 1.82) is 0 Å². The molecular formula is C18H21N3O4S. The SMILES string of the molecule is CN1C[C@@]2(CCCN(C(=O)Cn3sc4ccccc4c3=O)CC2)OC1=O. The molecule has 1 aromatic carbocycles. The predicted molar refractivity (Wildman–Crippen MR) is 98.4 cm³/mol. The number of nitrogens with zero attached hydrogens (tertiary/aromatic N) is 3. The van der Waals surface area contributed by atoms with Crippen LogP contribution < -0.4 is 5.56 Å². The molecule has 138 valence electrons. The molecule has 2 saturated heterocycles. The zero-order valence-electron chi connectivity index (χ0n) is 14.6. The molecule has 0 radical (unpaired) electrons. The van der Waals surface area contributed by atoms with Crippen molar-refractivity contribution < 1.29 is 14.3 Å². The number of likely N-dealkylation sites (N-methyl/N-ethyl adjacent to an activating group) is 1. The first-order valence-electron chi connectivity index (χ1n) is 8.78. The molecule has 2 aliphatic heterocycles. The van der Waals surface area contributed by atoms with Crippen molar-refractivity contribution in [3.8, 4) is 0 Å². The van der Waals surface area contributed by atoms with E-state index >= 15 is 0 Å². The number of rotatable bonds is 2. The summed E-state index contributed by atoms with van der Waals surface area (Å²) in [5, 5.41) is 0.654. The predicted octanol–water partition coefficient (Wildman–Crippen LogP) is 1.90. The van der Waals surface area contributed by atoms with Gasteiger partial charge in [-0.1, -0.05) is 23.7 Å². The average Bonchev–Trinajstić information content (AvgIpc) is 2.98. The molecule has 2 fully saturated rings. The highest BCUT2D eigenvalue weighted by Crippen LogP contribution is 2.32. The summed E-state index contributed by atoms with van der Waals surface area (Å²) in [6.07, 6.45) is 1.89. The molecule has 0 unspecified atom stereocenters. The molecule has 8 heteroatoms. The Kier molecular flexibility index (Phi) is 4.22. The summed E-state index contributed by atoms with van der Waals surface area (Å²) in [5.74, 6) is -0.0617. The molecular weight excluding hydrogens is 354 g/mol. The van der Waals surface area contributed by atoms with Crippen molar-refractivity contribution in [2.75, 3.05) is 26.7 Å². The summed E-state index contributed by atoms with van der Waals surface area (Å²) in [7, 11) is 1.73. The number of carbonyl (C=O) groups excluding carboxylic acids is 2. The van der Waals surface area contributed by atoms with Crippen LogP contribution in [-0.2, 0) is 16.1 Å². The Labute approximate surface area is 154 Å². The Morgan fingerprint density at radius 2 is 2.04 bits per heavy atom. The van der Waals surface area contributed by atoms with Gasteiger partial charge >= 0.3 is 6.09 Å². The van der Waals surface area contributed by atoms with Crippen LogP contribution >= 0.6 is 11.5 Å². The standard InChI is InChI=1S/C18H21N3O4S/c1-19-12-18(25-17(19)24)7-4-9-20(10-8-18)15(22)11-21-16(23)13-5-2-3-6-14(13)26-21/h2-3,5-6H,4,7-12H2,1H3/t18-/m0/s1. The van der Waals surface area contributed by atoms with Gasteiger partial charge in [0.05, 0.1) is 16.6 Å². The number of carbonyl (C=O) groups is 2. The first-order chi connectivity index (χ1) is 12.5. The molecule has 0 aliphatic carbocycles. The molecule has 1 spiro atoms. The third-order valence-electron chi connectivity index (χ3n) is 5.22. The van der Waals surface area contributed by atoms with E-state index in [-0.39, 0.29) is 24.1 Å². The average molecular weight is 375 g/mol. The number of amides is 2.